The topological polar surface area (TPSA) is 72.6 Å². The van der Waals surface area contributed by atoms with Crippen molar-refractivity contribution in [1.82, 2.24) is 4.31 Å². The Hall–Kier alpha value is -0.890. The molecule has 5 nitrogen and oxygen atoms in total. The average Bonchev–Trinajstić information content (AvgIpc) is 2.70. The molecule has 1 aliphatic heterocycles. The minimum absolute atomic E-state index is 0. The van der Waals surface area contributed by atoms with Gasteiger partial charge in [0.2, 0.25) is 10.0 Å². The highest BCUT2D eigenvalue weighted by Crippen LogP contribution is 2.26. The van der Waals surface area contributed by atoms with Gasteiger partial charge in [0.05, 0.1) is 12.0 Å². The Morgan fingerprint density at radius 2 is 2.05 bits per heavy atom. The number of nitrogens with two attached hydrogens (primary N) is 1. The maximum atomic E-state index is 13.6. The molecule has 2 atom stereocenters. The number of ether oxygens (including phenoxy) is 1. The second-order valence-electron chi connectivity index (χ2n) is 4.76. The fraction of sp³-hybridized carbons (Fsp3) is 0.500. The number of nitrogens with zero attached hydrogens (tertiary/aromatic N) is 1. The summed E-state index contributed by atoms with van der Waals surface area (Å²) in [6.45, 7) is 2.52. The van der Waals surface area contributed by atoms with E-state index in [4.69, 9.17) is 10.5 Å². The maximum Gasteiger partial charge on any atom is 0.243 e. The molecule has 1 aromatic rings. The SMILES string of the molecule is COc1ccc(S(=O)(=O)N2CC(C)C(N)C2)cc1F.Cl. The van der Waals surface area contributed by atoms with E-state index in [9.17, 15) is 12.8 Å². The lowest BCUT2D eigenvalue weighted by Crippen LogP contribution is -2.32. The van der Waals surface area contributed by atoms with Crippen molar-refractivity contribution in [3.05, 3.63) is 24.0 Å². The van der Waals surface area contributed by atoms with Crippen LogP contribution in [0.3, 0.4) is 0 Å². The number of hydrogen-bond acceptors (Lipinski definition) is 4. The van der Waals surface area contributed by atoms with Crippen LogP contribution in [0.4, 0.5) is 4.39 Å². The fourth-order valence-corrected chi connectivity index (χ4v) is 3.69. The first kappa shape index (κ1) is 17.2. The highest BCUT2D eigenvalue weighted by atomic mass is 35.5. The monoisotopic (exact) mass is 324 g/mol. The summed E-state index contributed by atoms with van der Waals surface area (Å²) in [5.74, 6) is -0.580. The van der Waals surface area contributed by atoms with E-state index in [2.05, 4.69) is 0 Å². The fourth-order valence-electron chi connectivity index (χ4n) is 2.10. The van der Waals surface area contributed by atoms with E-state index in [1.165, 1.54) is 23.5 Å². The van der Waals surface area contributed by atoms with E-state index >= 15 is 0 Å². The molecule has 0 radical (unpaired) electrons. The van der Waals surface area contributed by atoms with E-state index < -0.39 is 15.8 Å². The van der Waals surface area contributed by atoms with Gasteiger partial charge >= 0.3 is 0 Å². The first-order chi connectivity index (χ1) is 8.86. The highest BCUT2D eigenvalue weighted by Gasteiger charge is 2.35. The van der Waals surface area contributed by atoms with E-state index in [1.54, 1.807) is 0 Å². The molecule has 0 saturated carbocycles. The van der Waals surface area contributed by atoms with Crippen LogP contribution in [0.25, 0.3) is 0 Å². The summed E-state index contributed by atoms with van der Waals surface area (Å²) < 4.78 is 44.3. The summed E-state index contributed by atoms with van der Waals surface area (Å²) in [4.78, 5) is -0.0768. The van der Waals surface area contributed by atoms with Gasteiger partial charge in [-0.1, -0.05) is 6.92 Å². The molecule has 2 rings (SSSR count). The molecule has 114 valence electrons. The minimum atomic E-state index is -3.69. The number of rotatable bonds is 3. The molecule has 8 heteroatoms. The third kappa shape index (κ3) is 3.06. The molecule has 1 saturated heterocycles. The molecule has 0 amide bonds. The van der Waals surface area contributed by atoms with E-state index in [0.29, 0.717) is 6.54 Å². The largest absolute Gasteiger partial charge is 0.494 e. The molecule has 1 aliphatic rings. The van der Waals surface area contributed by atoms with Gasteiger partial charge in [-0.2, -0.15) is 4.31 Å². The number of benzene rings is 1. The predicted octanol–water partition coefficient (Wildman–Crippen LogP) is 1.22. The Bertz CT molecular complexity index is 572. The lowest BCUT2D eigenvalue weighted by molar-refractivity contribution is 0.385. The van der Waals surface area contributed by atoms with Gasteiger partial charge < -0.3 is 10.5 Å². The molecule has 2 N–H and O–H groups in total. The van der Waals surface area contributed by atoms with Gasteiger partial charge in [-0.15, -0.1) is 12.4 Å². The second kappa shape index (κ2) is 6.26. The van der Waals surface area contributed by atoms with Crippen LogP contribution < -0.4 is 10.5 Å². The molecule has 1 fully saturated rings. The number of halogens is 2. The first-order valence-corrected chi connectivity index (χ1v) is 7.39. The van der Waals surface area contributed by atoms with Crippen LogP contribution in [0.2, 0.25) is 0 Å². The molecular weight excluding hydrogens is 307 g/mol. The Balaban J connectivity index is 0.00000200. The summed E-state index contributed by atoms with van der Waals surface area (Å²) in [5.41, 5.74) is 5.82. The quantitative estimate of drug-likeness (QED) is 0.907. The summed E-state index contributed by atoms with van der Waals surface area (Å²) in [6.07, 6.45) is 0. The molecule has 0 bridgehead atoms. The number of methoxy groups -OCH3 is 1. The first-order valence-electron chi connectivity index (χ1n) is 5.95. The highest BCUT2D eigenvalue weighted by molar-refractivity contribution is 7.89. The van der Waals surface area contributed by atoms with Gasteiger partial charge in [-0.3, -0.25) is 0 Å². The van der Waals surface area contributed by atoms with Crippen molar-refractivity contribution >= 4 is 22.4 Å². The minimum Gasteiger partial charge on any atom is -0.494 e. The molecule has 0 aromatic heterocycles. The third-order valence-electron chi connectivity index (χ3n) is 3.40. The van der Waals surface area contributed by atoms with Gasteiger partial charge in [0.1, 0.15) is 0 Å². The van der Waals surface area contributed by atoms with E-state index in [0.717, 1.165) is 6.07 Å². The van der Waals surface area contributed by atoms with Crippen molar-refractivity contribution in [2.45, 2.75) is 17.9 Å². The maximum absolute atomic E-state index is 13.6. The van der Waals surface area contributed by atoms with Crippen LogP contribution in [-0.2, 0) is 10.0 Å². The van der Waals surface area contributed by atoms with Crippen LogP contribution in [0.15, 0.2) is 23.1 Å². The zero-order valence-electron chi connectivity index (χ0n) is 11.2. The second-order valence-corrected chi connectivity index (χ2v) is 6.70. The molecule has 2 unspecified atom stereocenters. The van der Waals surface area contributed by atoms with Crippen LogP contribution in [0, 0.1) is 11.7 Å². The van der Waals surface area contributed by atoms with E-state index in [1.807, 2.05) is 6.92 Å². The van der Waals surface area contributed by atoms with Crippen LogP contribution in [-0.4, -0.2) is 39.0 Å². The average molecular weight is 325 g/mol. The van der Waals surface area contributed by atoms with Crippen molar-refractivity contribution in [3.8, 4) is 5.75 Å². The lowest BCUT2D eigenvalue weighted by atomic mass is 10.1. The van der Waals surface area contributed by atoms with Crippen molar-refractivity contribution < 1.29 is 17.5 Å². The van der Waals surface area contributed by atoms with Crippen molar-refractivity contribution in [2.24, 2.45) is 11.7 Å². The standard InChI is InChI=1S/C12H17FN2O3S.ClH/c1-8-6-15(7-11(8)14)19(16,17)9-3-4-12(18-2)10(13)5-9;/h3-5,8,11H,6-7,14H2,1-2H3;1H. The van der Waals surface area contributed by atoms with Crippen LogP contribution in [0.5, 0.6) is 5.75 Å². The predicted molar refractivity (Wildman–Crippen MR) is 76.1 cm³/mol. The number of sulfonamides is 1. The third-order valence-corrected chi connectivity index (χ3v) is 5.23. The van der Waals surface area contributed by atoms with E-state index in [-0.39, 0.29) is 41.6 Å². The molecular formula is C12H18ClFN2O3S. The van der Waals surface area contributed by atoms with Crippen LogP contribution >= 0.6 is 12.4 Å². The van der Waals surface area contributed by atoms with Crippen molar-refractivity contribution in [3.63, 3.8) is 0 Å². The van der Waals surface area contributed by atoms with Gasteiger partial charge in [-0.25, -0.2) is 12.8 Å². The zero-order chi connectivity index (χ0) is 14.2. The molecule has 1 aromatic carbocycles. The molecule has 20 heavy (non-hydrogen) atoms. The zero-order valence-corrected chi connectivity index (χ0v) is 12.9. The van der Waals surface area contributed by atoms with Crippen molar-refractivity contribution in [2.75, 3.05) is 20.2 Å². The Morgan fingerprint density at radius 3 is 2.50 bits per heavy atom. The van der Waals surface area contributed by atoms with Gasteiger partial charge in [0, 0.05) is 19.1 Å². The summed E-state index contributed by atoms with van der Waals surface area (Å²) in [6, 6.07) is 3.44. The van der Waals surface area contributed by atoms with Gasteiger partial charge in [-0.05, 0) is 24.1 Å². The summed E-state index contributed by atoms with van der Waals surface area (Å²) in [7, 11) is -2.37. The van der Waals surface area contributed by atoms with Gasteiger partial charge in [0.15, 0.2) is 11.6 Å². The molecule has 0 aliphatic carbocycles. The molecule has 1 heterocycles. The summed E-state index contributed by atoms with van der Waals surface area (Å²) in [5, 5.41) is 0. The van der Waals surface area contributed by atoms with Crippen molar-refractivity contribution in [1.29, 1.82) is 0 Å². The smallest absolute Gasteiger partial charge is 0.243 e. The lowest BCUT2D eigenvalue weighted by Gasteiger charge is -2.16. The van der Waals surface area contributed by atoms with Crippen LogP contribution in [0.1, 0.15) is 6.92 Å². The normalized spacial score (nSPS) is 23.4. The number of hydrogen-bond donors (Lipinski definition) is 1. The molecule has 0 spiro atoms. The Kier molecular flexibility index (Phi) is 5.37. The Morgan fingerprint density at radius 1 is 1.40 bits per heavy atom. The van der Waals surface area contributed by atoms with Gasteiger partial charge in [0.25, 0.3) is 0 Å². The Labute approximate surface area is 124 Å². The summed E-state index contributed by atoms with van der Waals surface area (Å²) >= 11 is 0.